The molecule has 0 radical (unpaired) electrons. The molecule has 0 atom stereocenters. The molecule has 1 saturated heterocycles. The summed E-state index contributed by atoms with van der Waals surface area (Å²) in [6.07, 6.45) is 1.67. The van der Waals surface area contributed by atoms with E-state index in [0.29, 0.717) is 24.0 Å². The Balaban J connectivity index is 2.14. The van der Waals surface area contributed by atoms with Crippen LogP contribution in [0.5, 0.6) is 0 Å². The van der Waals surface area contributed by atoms with E-state index in [1.54, 1.807) is 30.5 Å². The van der Waals surface area contributed by atoms with Crippen molar-refractivity contribution in [2.45, 2.75) is 38.9 Å². The summed E-state index contributed by atoms with van der Waals surface area (Å²) in [7, 11) is 0. The Bertz CT molecular complexity index is 755. The number of hydrogen-bond acceptors (Lipinski definition) is 5. The van der Waals surface area contributed by atoms with Crippen LogP contribution >= 0.6 is 0 Å². The smallest absolute Gasteiger partial charge is 0.278 e. The highest BCUT2D eigenvalue weighted by atomic mass is 16.6. The average molecular weight is 315 g/mol. The van der Waals surface area contributed by atoms with Crippen molar-refractivity contribution in [2.75, 3.05) is 18.0 Å². The van der Waals surface area contributed by atoms with Gasteiger partial charge < -0.3 is 9.64 Å². The number of pyridine rings is 1. The fraction of sp³-hybridized carbons (Fsp3) is 0.471. The molecule has 0 unspecified atom stereocenters. The molecule has 1 aliphatic rings. The van der Waals surface area contributed by atoms with Crippen LogP contribution in [0.4, 0.5) is 11.4 Å². The van der Waals surface area contributed by atoms with Gasteiger partial charge in [0.1, 0.15) is 5.52 Å². The molecule has 6 heteroatoms. The Hall–Kier alpha value is -2.21. The first-order chi connectivity index (χ1) is 10.7. The zero-order valence-electron chi connectivity index (χ0n) is 13.9. The number of anilines is 1. The summed E-state index contributed by atoms with van der Waals surface area (Å²) in [6, 6.07) is 6.84. The summed E-state index contributed by atoms with van der Waals surface area (Å²) in [4.78, 5) is 17.5. The van der Waals surface area contributed by atoms with Crippen LogP contribution in [0.3, 0.4) is 0 Å². The summed E-state index contributed by atoms with van der Waals surface area (Å²) in [5.74, 6) is 0. The third-order valence-electron chi connectivity index (χ3n) is 3.96. The maximum absolute atomic E-state index is 11.3. The maximum Gasteiger partial charge on any atom is 0.278 e. The third-order valence-corrected chi connectivity index (χ3v) is 3.96. The molecule has 122 valence electrons. The van der Waals surface area contributed by atoms with Gasteiger partial charge in [0.2, 0.25) is 0 Å². The van der Waals surface area contributed by atoms with Gasteiger partial charge in [-0.3, -0.25) is 15.1 Å². The van der Waals surface area contributed by atoms with Gasteiger partial charge in [0.15, 0.2) is 0 Å². The second kappa shape index (κ2) is 5.16. The summed E-state index contributed by atoms with van der Waals surface area (Å²) in [5.41, 5.74) is 1.06. The lowest BCUT2D eigenvalue weighted by Gasteiger charge is -2.48. The summed E-state index contributed by atoms with van der Waals surface area (Å²) < 4.78 is 6.12. The van der Waals surface area contributed by atoms with Crippen LogP contribution in [0.15, 0.2) is 30.5 Å². The van der Waals surface area contributed by atoms with Gasteiger partial charge in [-0.2, -0.15) is 0 Å². The van der Waals surface area contributed by atoms with E-state index in [1.165, 1.54) is 0 Å². The lowest BCUT2D eigenvalue weighted by molar-refractivity contribution is -0.383. The minimum absolute atomic E-state index is 0.0867. The van der Waals surface area contributed by atoms with Gasteiger partial charge in [-0.25, -0.2) is 0 Å². The van der Waals surface area contributed by atoms with Crippen LogP contribution in [0.2, 0.25) is 0 Å². The number of nitro benzene ring substituents is 1. The van der Waals surface area contributed by atoms with Crippen molar-refractivity contribution in [2.24, 2.45) is 0 Å². The molecule has 0 spiro atoms. The number of non-ortho nitro benzene ring substituents is 1. The number of rotatable bonds is 2. The van der Waals surface area contributed by atoms with E-state index in [-0.39, 0.29) is 21.8 Å². The molecular weight excluding hydrogens is 294 g/mol. The summed E-state index contributed by atoms with van der Waals surface area (Å²) in [6.45, 7) is 9.65. The van der Waals surface area contributed by atoms with Gasteiger partial charge in [-0.1, -0.05) is 0 Å². The molecule has 0 amide bonds. The Kier molecular flexibility index (Phi) is 3.52. The molecule has 0 saturated carbocycles. The van der Waals surface area contributed by atoms with Gasteiger partial charge in [0.05, 0.1) is 27.2 Å². The van der Waals surface area contributed by atoms with E-state index >= 15 is 0 Å². The molecule has 1 aromatic heterocycles. The zero-order chi connectivity index (χ0) is 16.8. The normalized spacial score (nSPS) is 19.7. The standard InChI is InChI=1S/C17H21N3O3/c1-16(2)10-19(11-17(3,4)23-16)14-8-7-13(20(21)22)12-6-5-9-18-15(12)14/h5-9H,10-11H2,1-4H3. The molecule has 6 nitrogen and oxygen atoms in total. The zero-order valence-corrected chi connectivity index (χ0v) is 13.9. The van der Waals surface area contributed by atoms with Gasteiger partial charge >= 0.3 is 0 Å². The lowest BCUT2D eigenvalue weighted by Crippen LogP contribution is -2.57. The molecule has 2 aromatic rings. The lowest BCUT2D eigenvalue weighted by atomic mass is 9.97. The van der Waals surface area contributed by atoms with Crippen molar-refractivity contribution in [3.05, 3.63) is 40.6 Å². The van der Waals surface area contributed by atoms with E-state index in [9.17, 15) is 10.1 Å². The van der Waals surface area contributed by atoms with Crippen LogP contribution in [0.1, 0.15) is 27.7 Å². The summed E-state index contributed by atoms with van der Waals surface area (Å²) in [5, 5.41) is 11.8. The van der Waals surface area contributed by atoms with E-state index in [2.05, 4.69) is 37.6 Å². The molecular formula is C17H21N3O3. The second-order valence-electron chi connectivity index (χ2n) is 7.24. The van der Waals surface area contributed by atoms with Crippen molar-refractivity contribution >= 4 is 22.3 Å². The highest BCUT2D eigenvalue weighted by Gasteiger charge is 2.39. The average Bonchev–Trinajstić information content (AvgIpc) is 2.42. The van der Waals surface area contributed by atoms with Crippen LogP contribution < -0.4 is 4.90 Å². The predicted octanol–water partition coefficient (Wildman–Crippen LogP) is 3.54. The first-order valence-corrected chi connectivity index (χ1v) is 7.66. The fourth-order valence-corrected chi connectivity index (χ4v) is 3.52. The number of aromatic nitrogens is 1. The van der Waals surface area contributed by atoms with Crippen molar-refractivity contribution in [1.82, 2.24) is 4.98 Å². The Morgan fingerprint density at radius 3 is 2.43 bits per heavy atom. The van der Waals surface area contributed by atoms with Crippen molar-refractivity contribution < 1.29 is 9.66 Å². The number of hydrogen-bond donors (Lipinski definition) is 0. The maximum atomic E-state index is 11.3. The Labute approximate surface area is 135 Å². The summed E-state index contributed by atoms with van der Waals surface area (Å²) >= 11 is 0. The number of benzene rings is 1. The molecule has 3 rings (SSSR count). The second-order valence-corrected chi connectivity index (χ2v) is 7.24. The molecule has 1 aromatic carbocycles. The van der Waals surface area contributed by atoms with E-state index in [1.807, 2.05) is 0 Å². The van der Waals surface area contributed by atoms with Gasteiger partial charge in [0.25, 0.3) is 5.69 Å². The molecule has 1 fully saturated rings. The largest absolute Gasteiger partial charge is 0.366 e. The quantitative estimate of drug-likeness (QED) is 0.626. The van der Waals surface area contributed by atoms with Crippen LogP contribution in [0.25, 0.3) is 10.9 Å². The van der Waals surface area contributed by atoms with Crippen LogP contribution in [-0.2, 0) is 4.74 Å². The fourth-order valence-electron chi connectivity index (χ4n) is 3.52. The van der Waals surface area contributed by atoms with E-state index in [0.717, 1.165) is 5.69 Å². The van der Waals surface area contributed by atoms with Crippen molar-refractivity contribution in [1.29, 1.82) is 0 Å². The molecule has 0 aliphatic carbocycles. The number of fused-ring (bicyclic) bond motifs is 1. The molecule has 1 aliphatic heterocycles. The minimum atomic E-state index is -0.360. The number of ether oxygens (including phenoxy) is 1. The van der Waals surface area contributed by atoms with Gasteiger partial charge in [-0.15, -0.1) is 0 Å². The molecule has 2 heterocycles. The molecule has 23 heavy (non-hydrogen) atoms. The first-order valence-electron chi connectivity index (χ1n) is 7.66. The Morgan fingerprint density at radius 1 is 1.17 bits per heavy atom. The number of morpholine rings is 1. The third kappa shape index (κ3) is 2.99. The topological polar surface area (TPSA) is 68.5 Å². The van der Waals surface area contributed by atoms with Crippen molar-refractivity contribution in [3.63, 3.8) is 0 Å². The predicted molar refractivity (Wildman–Crippen MR) is 89.9 cm³/mol. The first kappa shape index (κ1) is 15.7. The van der Waals surface area contributed by atoms with Gasteiger partial charge in [0, 0.05) is 25.4 Å². The van der Waals surface area contributed by atoms with Crippen LogP contribution in [-0.4, -0.2) is 34.2 Å². The SMILES string of the molecule is CC1(C)CN(c2ccc([N+](=O)[O-])c3cccnc23)CC(C)(C)O1. The number of nitrogens with zero attached hydrogens (tertiary/aromatic N) is 3. The van der Waals surface area contributed by atoms with Crippen molar-refractivity contribution in [3.8, 4) is 0 Å². The number of nitro groups is 1. The Morgan fingerprint density at radius 2 is 1.83 bits per heavy atom. The molecule has 0 bridgehead atoms. The van der Waals surface area contributed by atoms with E-state index < -0.39 is 0 Å². The van der Waals surface area contributed by atoms with E-state index in [4.69, 9.17) is 4.74 Å². The highest BCUT2D eigenvalue weighted by Crippen LogP contribution is 2.36. The highest BCUT2D eigenvalue weighted by molar-refractivity contribution is 5.97. The molecule has 0 N–H and O–H groups in total. The van der Waals surface area contributed by atoms with Crippen LogP contribution in [0, 0.1) is 10.1 Å². The monoisotopic (exact) mass is 315 g/mol. The van der Waals surface area contributed by atoms with Gasteiger partial charge in [-0.05, 0) is 45.9 Å². The minimum Gasteiger partial charge on any atom is -0.366 e.